The van der Waals surface area contributed by atoms with E-state index in [1.807, 2.05) is 48.5 Å². The van der Waals surface area contributed by atoms with Crippen molar-refractivity contribution in [3.8, 4) is 11.5 Å². The van der Waals surface area contributed by atoms with Crippen molar-refractivity contribution in [3.63, 3.8) is 0 Å². The van der Waals surface area contributed by atoms with Gasteiger partial charge >= 0.3 is 0 Å². The summed E-state index contributed by atoms with van der Waals surface area (Å²) in [5, 5.41) is 24.9. The van der Waals surface area contributed by atoms with Gasteiger partial charge in [-0.1, -0.05) is 59.1 Å². The highest BCUT2D eigenvalue weighted by molar-refractivity contribution is 7.99. The van der Waals surface area contributed by atoms with Crippen LogP contribution in [0.4, 0.5) is 10.3 Å². The van der Waals surface area contributed by atoms with Crippen LogP contribution in [0.1, 0.15) is 21.1 Å². The smallest absolute Gasteiger partial charge is 0.230 e. The van der Waals surface area contributed by atoms with Crippen LogP contribution in [0.25, 0.3) is 0 Å². The van der Waals surface area contributed by atoms with Gasteiger partial charge in [0, 0.05) is 24.0 Å². The SMILES string of the molecule is COc1ccccc1CC(=O)Nc1nnc(CCSCCc2nnc(NC(=O)Cc3ccccc3OC)s2)s1. The molecule has 4 rings (SSSR count). The Kier molecular flexibility index (Phi) is 10.6. The molecule has 0 aliphatic rings. The third kappa shape index (κ3) is 8.73. The molecule has 13 heteroatoms. The molecule has 0 aliphatic heterocycles. The lowest BCUT2D eigenvalue weighted by Gasteiger charge is -2.07. The summed E-state index contributed by atoms with van der Waals surface area (Å²) >= 11 is 4.54. The average Bonchev–Trinajstić information content (AvgIpc) is 3.58. The molecular weight excluding hydrogens is 557 g/mol. The summed E-state index contributed by atoms with van der Waals surface area (Å²) in [6.45, 7) is 0. The number of aromatic nitrogens is 4. The van der Waals surface area contributed by atoms with Crippen molar-refractivity contribution in [2.24, 2.45) is 0 Å². The number of ether oxygens (including phenoxy) is 2. The van der Waals surface area contributed by atoms with E-state index in [0.29, 0.717) is 21.8 Å². The summed E-state index contributed by atoms with van der Waals surface area (Å²) < 4.78 is 10.6. The van der Waals surface area contributed by atoms with Gasteiger partial charge in [0.1, 0.15) is 21.5 Å². The van der Waals surface area contributed by atoms with Gasteiger partial charge in [0.2, 0.25) is 22.1 Å². The minimum atomic E-state index is -0.163. The zero-order valence-corrected chi connectivity index (χ0v) is 24.0. The molecule has 0 saturated heterocycles. The molecule has 10 nitrogen and oxygen atoms in total. The number of hydrogen-bond donors (Lipinski definition) is 2. The largest absolute Gasteiger partial charge is 0.496 e. The first-order valence-corrected chi connectivity index (χ1v) is 14.9. The van der Waals surface area contributed by atoms with Crippen LogP contribution in [0.15, 0.2) is 48.5 Å². The van der Waals surface area contributed by atoms with E-state index in [4.69, 9.17) is 9.47 Å². The number of methoxy groups -OCH3 is 2. The lowest BCUT2D eigenvalue weighted by Crippen LogP contribution is -2.14. The van der Waals surface area contributed by atoms with E-state index in [1.54, 1.807) is 26.0 Å². The number of benzene rings is 2. The maximum Gasteiger partial charge on any atom is 0.230 e. The van der Waals surface area contributed by atoms with Crippen LogP contribution in [0.3, 0.4) is 0 Å². The molecule has 2 aromatic heterocycles. The fourth-order valence-electron chi connectivity index (χ4n) is 3.60. The Morgan fingerprint density at radius 2 is 1.15 bits per heavy atom. The molecule has 0 unspecified atom stereocenters. The van der Waals surface area contributed by atoms with Crippen LogP contribution in [0, 0.1) is 0 Å². The number of nitrogens with zero attached hydrogens (tertiary/aromatic N) is 4. The first-order valence-electron chi connectivity index (χ1n) is 12.1. The molecule has 4 aromatic rings. The Morgan fingerprint density at radius 3 is 1.59 bits per heavy atom. The number of amides is 2. The minimum absolute atomic E-state index is 0.163. The maximum atomic E-state index is 12.4. The van der Waals surface area contributed by atoms with Gasteiger partial charge in [-0.05, 0) is 23.6 Å². The van der Waals surface area contributed by atoms with Crippen molar-refractivity contribution in [3.05, 3.63) is 69.7 Å². The van der Waals surface area contributed by atoms with Gasteiger partial charge in [0.25, 0.3) is 0 Å². The summed E-state index contributed by atoms with van der Waals surface area (Å²) in [6, 6.07) is 14.9. The van der Waals surface area contributed by atoms with Crippen LogP contribution < -0.4 is 20.1 Å². The summed E-state index contributed by atoms with van der Waals surface area (Å²) in [6.07, 6.45) is 1.91. The van der Waals surface area contributed by atoms with Gasteiger partial charge in [0.05, 0.1) is 27.1 Å². The van der Waals surface area contributed by atoms with Crippen molar-refractivity contribution in [1.29, 1.82) is 0 Å². The second-order valence-corrected chi connectivity index (χ2v) is 11.5. The quantitative estimate of drug-likeness (QED) is 0.209. The zero-order valence-electron chi connectivity index (χ0n) is 21.5. The Bertz CT molecular complexity index is 1290. The van der Waals surface area contributed by atoms with Crippen LogP contribution in [-0.2, 0) is 35.3 Å². The van der Waals surface area contributed by atoms with E-state index in [1.165, 1.54) is 22.7 Å². The van der Waals surface area contributed by atoms with Crippen LogP contribution in [0.5, 0.6) is 11.5 Å². The molecule has 0 aliphatic carbocycles. The molecule has 0 fully saturated rings. The number of hydrogen-bond acceptors (Lipinski definition) is 11. The molecule has 2 amide bonds. The summed E-state index contributed by atoms with van der Waals surface area (Å²) in [5.41, 5.74) is 1.63. The Labute approximate surface area is 238 Å². The molecule has 204 valence electrons. The monoisotopic (exact) mass is 584 g/mol. The van der Waals surface area contributed by atoms with E-state index < -0.39 is 0 Å². The van der Waals surface area contributed by atoms with E-state index in [2.05, 4.69) is 31.0 Å². The summed E-state index contributed by atoms with van der Waals surface area (Å²) in [7, 11) is 3.17. The van der Waals surface area contributed by atoms with Crippen molar-refractivity contribution >= 4 is 56.5 Å². The number of thioether (sulfide) groups is 1. The van der Waals surface area contributed by atoms with E-state index in [9.17, 15) is 9.59 Å². The van der Waals surface area contributed by atoms with Crippen molar-refractivity contribution in [1.82, 2.24) is 20.4 Å². The van der Waals surface area contributed by atoms with E-state index in [-0.39, 0.29) is 24.7 Å². The topological polar surface area (TPSA) is 128 Å². The Hall–Kier alpha value is -3.55. The molecule has 0 saturated carbocycles. The molecule has 2 heterocycles. The second kappa shape index (κ2) is 14.6. The maximum absolute atomic E-state index is 12.4. The number of rotatable bonds is 14. The molecule has 0 bridgehead atoms. The predicted octanol–water partition coefficient (Wildman–Crippen LogP) is 4.29. The Balaban J connectivity index is 1.13. The van der Waals surface area contributed by atoms with Crippen molar-refractivity contribution in [2.75, 3.05) is 36.4 Å². The van der Waals surface area contributed by atoms with Gasteiger partial charge in [-0.15, -0.1) is 20.4 Å². The normalized spacial score (nSPS) is 10.7. The number of anilines is 2. The van der Waals surface area contributed by atoms with Gasteiger partial charge in [-0.2, -0.15) is 11.8 Å². The highest BCUT2D eigenvalue weighted by Gasteiger charge is 2.13. The molecule has 2 aromatic carbocycles. The highest BCUT2D eigenvalue weighted by Crippen LogP contribution is 2.22. The van der Waals surface area contributed by atoms with Crippen LogP contribution in [-0.4, -0.2) is 57.9 Å². The van der Waals surface area contributed by atoms with Crippen molar-refractivity contribution < 1.29 is 19.1 Å². The van der Waals surface area contributed by atoms with E-state index >= 15 is 0 Å². The van der Waals surface area contributed by atoms with Gasteiger partial charge < -0.3 is 20.1 Å². The number of aryl methyl sites for hydroxylation is 2. The third-order valence-corrected chi connectivity index (χ3v) is 8.22. The number of carbonyl (C=O) groups is 2. The van der Waals surface area contributed by atoms with Gasteiger partial charge in [0.15, 0.2) is 0 Å². The number of para-hydroxylation sites is 2. The van der Waals surface area contributed by atoms with E-state index in [0.717, 1.165) is 45.5 Å². The molecule has 39 heavy (non-hydrogen) atoms. The van der Waals surface area contributed by atoms with Crippen LogP contribution >= 0.6 is 34.4 Å². The molecule has 0 spiro atoms. The van der Waals surface area contributed by atoms with Crippen molar-refractivity contribution in [2.45, 2.75) is 25.7 Å². The van der Waals surface area contributed by atoms with Gasteiger partial charge in [-0.3, -0.25) is 9.59 Å². The third-order valence-electron chi connectivity index (χ3n) is 5.43. The lowest BCUT2D eigenvalue weighted by molar-refractivity contribution is -0.116. The average molecular weight is 585 g/mol. The Morgan fingerprint density at radius 1 is 0.718 bits per heavy atom. The lowest BCUT2D eigenvalue weighted by atomic mass is 10.1. The molecule has 0 radical (unpaired) electrons. The fourth-order valence-corrected chi connectivity index (χ4v) is 6.25. The molecule has 0 atom stereocenters. The highest BCUT2D eigenvalue weighted by atomic mass is 32.2. The predicted molar refractivity (Wildman–Crippen MR) is 155 cm³/mol. The minimum Gasteiger partial charge on any atom is -0.496 e. The van der Waals surface area contributed by atoms with Crippen LogP contribution in [0.2, 0.25) is 0 Å². The number of carbonyl (C=O) groups excluding carboxylic acids is 2. The standard InChI is InChI=1S/C26H28N6O4S3/c1-35-19-9-5-3-7-17(19)15-21(33)27-25-31-29-23(38-25)11-13-37-14-12-24-30-32-26(39-24)28-22(34)16-18-8-4-6-10-20(18)36-2/h3-10H,11-16H2,1-2H3,(H,27,31,33)(H,28,32,34). The summed E-state index contributed by atoms with van der Waals surface area (Å²) in [4.78, 5) is 24.8. The second-order valence-electron chi connectivity index (χ2n) is 8.19. The number of nitrogens with one attached hydrogen (secondary N) is 2. The molecule has 2 N–H and O–H groups in total. The van der Waals surface area contributed by atoms with Gasteiger partial charge in [-0.25, -0.2) is 0 Å². The first kappa shape index (κ1) is 28.5. The zero-order chi connectivity index (χ0) is 27.5. The molecular formula is C26H28N6O4S3. The fraction of sp³-hybridized carbons (Fsp3) is 0.308. The first-order chi connectivity index (χ1) is 19.0. The summed E-state index contributed by atoms with van der Waals surface area (Å²) in [5.74, 6) is 2.77.